The number of rotatable bonds is 7. The van der Waals surface area contributed by atoms with Gasteiger partial charge in [-0.2, -0.15) is 0 Å². The smallest absolute Gasteiger partial charge is 0.336 e. The Balaban J connectivity index is 2.18. The number of benzene rings is 1. The van der Waals surface area contributed by atoms with Crippen molar-refractivity contribution in [1.82, 2.24) is 0 Å². The Morgan fingerprint density at radius 1 is 1.25 bits per heavy atom. The molecule has 7 nitrogen and oxygen atoms in total. The highest BCUT2D eigenvalue weighted by atomic mass is 16.5. The van der Waals surface area contributed by atoms with Gasteiger partial charge in [-0.3, -0.25) is 0 Å². The molecule has 2 rings (SSSR count). The summed E-state index contributed by atoms with van der Waals surface area (Å²) in [7, 11) is 1.35. The minimum absolute atomic E-state index is 0.401. The van der Waals surface area contributed by atoms with Crippen molar-refractivity contribution in [3.8, 4) is 0 Å². The molecular formula is C17H23NO6. The molecule has 0 spiro atoms. The van der Waals surface area contributed by atoms with Crippen LogP contribution in [-0.4, -0.2) is 53.4 Å². The predicted molar refractivity (Wildman–Crippen MR) is 90.2 cm³/mol. The van der Waals surface area contributed by atoms with Crippen LogP contribution in [0.5, 0.6) is 0 Å². The van der Waals surface area contributed by atoms with Crippen LogP contribution in [0.2, 0.25) is 0 Å². The summed E-state index contributed by atoms with van der Waals surface area (Å²) in [6.45, 7) is 3.12. The summed E-state index contributed by atoms with van der Waals surface area (Å²) >= 11 is 0. The van der Waals surface area contributed by atoms with E-state index in [0.29, 0.717) is 11.3 Å². The van der Waals surface area contributed by atoms with Gasteiger partial charge in [0.25, 0.3) is 0 Å². The van der Waals surface area contributed by atoms with Crippen molar-refractivity contribution < 1.29 is 24.5 Å². The van der Waals surface area contributed by atoms with Crippen molar-refractivity contribution in [3.63, 3.8) is 0 Å². The van der Waals surface area contributed by atoms with Gasteiger partial charge in [0.2, 0.25) is 0 Å². The average Bonchev–Trinajstić information content (AvgIpc) is 2.54. The van der Waals surface area contributed by atoms with Gasteiger partial charge in [0, 0.05) is 30.3 Å². The molecule has 4 atom stereocenters. The maximum atomic E-state index is 11.5. The van der Waals surface area contributed by atoms with E-state index < -0.39 is 36.6 Å². The van der Waals surface area contributed by atoms with Gasteiger partial charge in [0.15, 0.2) is 0 Å². The molecule has 4 N–H and O–H groups in total. The fourth-order valence-electron chi connectivity index (χ4n) is 2.60. The van der Waals surface area contributed by atoms with E-state index in [0.717, 1.165) is 10.9 Å². The Morgan fingerprint density at radius 2 is 1.96 bits per heavy atom. The number of ether oxygens (including phenoxy) is 1. The van der Waals surface area contributed by atoms with Crippen molar-refractivity contribution >= 4 is 16.7 Å². The van der Waals surface area contributed by atoms with Crippen molar-refractivity contribution in [2.45, 2.75) is 38.2 Å². The van der Waals surface area contributed by atoms with Crippen LogP contribution in [0.15, 0.2) is 33.5 Å². The monoisotopic (exact) mass is 337 g/mol. The van der Waals surface area contributed by atoms with E-state index in [2.05, 4.69) is 5.32 Å². The van der Waals surface area contributed by atoms with Gasteiger partial charge in [0.05, 0.1) is 12.6 Å². The number of aliphatic hydroxyl groups is 3. The second-order valence-electron chi connectivity index (χ2n) is 5.83. The van der Waals surface area contributed by atoms with Crippen LogP contribution in [0.1, 0.15) is 12.5 Å². The average molecular weight is 337 g/mol. The maximum Gasteiger partial charge on any atom is 0.336 e. The van der Waals surface area contributed by atoms with Crippen molar-refractivity contribution in [2.75, 3.05) is 19.0 Å². The lowest BCUT2D eigenvalue weighted by molar-refractivity contribution is -0.0953. The molecule has 2 aromatic rings. The van der Waals surface area contributed by atoms with Crippen LogP contribution in [0.4, 0.5) is 5.69 Å². The van der Waals surface area contributed by atoms with Crippen molar-refractivity contribution in [1.29, 1.82) is 0 Å². The molecule has 132 valence electrons. The molecule has 0 amide bonds. The topological polar surface area (TPSA) is 112 Å². The lowest BCUT2D eigenvalue weighted by Gasteiger charge is -2.29. The van der Waals surface area contributed by atoms with E-state index in [4.69, 9.17) is 14.3 Å². The minimum atomic E-state index is -1.25. The summed E-state index contributed by atoms with van der Waals surface area (Å²) in [6, 6.07) is 6.18. The lowest BCUT2D eigenvalue weighted by atomic mass is 10.0. The molecule has 0 aliphatic carbocycles. The van der Waals surface area contributed by atoms with Crippen LogP contribution < -0.4 is 10.9 Å². The van der Waals surface area contributed by atoms with Crippen LogP contribution >= 0.6 is 0 Å². The van der Waals surface area contributed by atoms with Crippen LogP contribution in [-0.2, 0) is 4.74 Å². The molecule has 1 aromatic carbocycles. The Bertz CT molecular complexity index is 739. The van der Waals surface area contributed by atoms with E-state index in [1.165, 1.54) is 13.2 Å². The molecule has 1 heterocycles. The molecule has 0 saturated heterocycles. The summed E-state index contributed by atoms with van der Waals surface area (Å²) in [5.41, 5.74) is 1.47. The van der Waals surface area contributed by atoms with Crippen LogP contribution in [0.25, 0.3) is 11.0 Å². The number of hydrogen-bond acceptors (Lipinski definition) is 7. The number of aryl methyl sites for hydroxylation is 1. The molecule has 24 heavy (non-hydrogen) atoms. The number of anilines is 1. The normalized spacial score (nSPS) is 16.6. The van der Waals surface area contributed by atoms with Gasteiger partial charge < -0.3 is 29.8 Å². The number of fused-ring (bicyclic) bond motifs is 1. The van der Waals surface area contributed by atoms with E-state index in [9.17, 15) is 15.0 Å². The molecule has 0 aliphatic rings. The first-order valence-electron chi connectivity index (χ1n) is 7.68. The fourth-order valence-corrected chi connectivity index (χ4v) is 2.60. The number of hydrogen-bond donors (Lipinski definition) is 4. The molecule has 3 unspecified atom stereocenters. The van der Waals surface area contributed by atoms with Gasteiger partial charge in [-0.05, 0) is 31.5 Å². The van der Waals surface area contributed by atoms with E-state index in [1.54, 1.807) is 19.1 Å². The third kappa shape index (κ3) is 3.93. The van der Waals surface area contributed by atoms with Gasteiger partial charge in [-0.15, -0.1) is 0 Å². The maximum absolute atomic E-state index is 11.5. The molecule has 0 radical (unpaired) electrons. The molecular weight excluding hydrogens is 314 g/mol. The van der Waals surface area contributed by atoms with Crippen molar-refractivity contribution in [2.24, 2.45) is 0 Å². The van der Waals surface area contributed by atoms with Gasteiger partial charge >= 0.3 is 5.63 Å². The zero-order valence-electron chi connectivity index (χ0n) is 13.9. The lowest BCUT2D eigenvalue weighted by Crippen LogP contribution is -2.48. The summed E-state index contributed by atoms with van der Waals surface area (Å²) in [4.78, 5) is 11.5. The zero-order valence-corrected chi connectivity index (χ0v) is 13.9. The summed E-state index contributed by atoms with van der Waals surface area (Å²) < 4.78 is 10.1. The Hall–Kier alpha value is -1.93. The molecule has 0 saturated carbocycles. The first-order chi connectivity index (χ1) is 11.4. The third-order valence-corrected chi connectivity index (χ3v) is 4.07. The second kappa shape index (κ2) is 7.76. The van der Waals surface area contributed by atoms with E-state index >= 15 is 0 Å². The second-order valence-corrected chi connectivity index (χ2v) is 5.83. The minimum Gasteiger partial charge on any atom is -0.423 e. The number of nitrogens with one attached hydrogen (secondary N) is 1. The van der Waals surface area contributed by atoms with Crippen LogP contribution in [0, 0.1) is 6.92 Å². The highest BCUT2D eigenvalue weighted by Crippen LogP contribution is 2.22. The highest BCUT2D eigenvalue weighted by molar-refractivity contribution is 5.83. The largest absolute Gasteiger partial charge is 0.423 e. The fraction of sp³-hybridized carbons (Fsp3) is 0.471. The zero-order chi connectivity index (χ0) is 17.9. The summed E-state index contributed by atoms with van der Waals surface area (Å²) in [5, 5.41) is 33.2. The molecule has 0 aliphatic heterocycles. The van der Waals surface area contributed by atoms with E-state index in [-0.39, 0.29) is 0 Å². The molecule has 0 fully saturated rings. The first-order valence-corrected chi connectivity index (χ1v) is 7.68. The summed E-state index contributed by atoms with van der Waals surface area (Å²) in [5.74, 6) is 0. The molecule has 1 aromatic heterocycles. The van der Waals surface area contributed by atoms with Crippen molar-refractivity contribution in [3.05, 3.63) is 40.2 Å². The highest BCUT2D eigenvalue weighted by Gasteiger charge is 2.30. The summed E-state index contributed by atoms with van der Waals surface area (Å²) in [6.07, 6.45) is -3.29. The van der Waals surface area contributed by atoms with E-state index in [1.807, 2.05) is 13.0 Å². The molecule has 7 heteroatoms. The third-order valence-electron chi connectivity index (χ3n) is 4.07. The number of aliphatic hydroxyl groups excluding tert-OH is 3. The number of methoxy groups -OCH3 is 1. The Labute approximate surface area is 139 Å². The molecule has 0 bridgehead atoms. The standard InChI is InChI=1S/C17H23NO6/c1-9-6-15(20)24-13-7-11(4-5-12(9)13)18-10(2)16(21)17(22)14(8-19)23-3/h4-7,10,14,16-19,21-22H,8H2,1-3H3/t10-,14?,16?,17?/m1/s1. The van der Waals surface area contributed by atoms with Gasteiger partial charge in [0.1, 0.15) is 23.9 Å². The Morgan fingerprint density at radius 3 is 2.58 bits per heavy atom. The van der Waals surface area contributed by atoms with Gasteiger partial charge in [-0.25, -0.2) is 4.79 Å². The van der Waals surface area contributed by atoms with Crippen LogP contribution in [0.3, 0.4) is 0 Å². The Kier molecular flexibility index (Phi) is 5.95. The first kappa shape index (κ1) is 18.4. The SMILES string of the molecule is COC(CO)C(O)C(O)[C@@H](C)Nc1ccc2c(C)cc(=O)oc2c1. The quantitative estimate of drug-likeness (QED) is 0.548. The predicted octanol–water partition coefficient (Wildman–Crippen LogP) is 0.631. The van der Waals surface area contributed by atoms with Gasteiger partial charge in [-0.1, -0.05) is 0 Å².